The molecule has 0 aliphatic rings. The fourth-order valence-corrected chi connectivity index (χ4v) is 5.04. The van der Waals surface area contributed by atoms with Gasteiger partial charge in [-0.3, -0.25) is 0 Å². The molecule has 0 bridgehead atoms. The number of methoxy groups -OCH3 is 2. The highest BCUT2D eigenvalue weighted by Gasteiger charge is 2.38. The minimum absolute atomic E-state index is 0.534. The minimum Gasteiger partial charge on any atom is -0.487 e. The molecular weight excluding hydrogens is 356 g/mol. The molecule has 0 aromatic heterocycles. The number of thiocarbonyl (C=S) groups is 2. The summed E-state index contributed by atoms with van der Waals surface area (Å²) in [5, 5.41) is 1.07. The Kier molecular flexibility index (Phi) is 13.1. The van der Waals surface area contributed by atoms with Crippen molar-refractivity contribution in [3.05, 3.63) is 0 Å². The molecule has 0 aromatic rings. The highest BCUT2D eigenvalue weighted by Crippen LogP contribution is 2.24. The largest absolute Gasteiger partial charge is 0.487 e. The Hall–Kier alpha value is -0.163. The van der Waals surface area contributed by atoms with E-state index in [4.69, 9.17) is 52.2 Å². The average molecular weight is 385 g/mol. The second-order valence-electron chi connectivity index (χ2n) is 4.88. The van der Waals surface area contributed by atoms with Gasteiger partial charge in [0.25, 0.3) is 6.48 Å². The maximum absolute atomic E-state index is 6.00. The molecule has 0 rings (SSSR count). The highest BCUT2D eigenvalue weighted by molar-refractivity contribution is 7.80. The summed E-state index contributed by atoms with van der Waals surface area (Å²) < 4.78 is 32.7. The van der Waals surface area contributed by atoms with Crippen LogP contribution >= 0.6 is 24.4 Å². The van der Waals surface area contributed by atoms with Crippen molar-refractivity contribution in [1.82, 2.24) is 0 Å². The van der Waals surface area contributed by atoms with Crippen LogP contribution in [0.25, 0.3) is 0 Å². The lowest BCUT2D eigenvalue weighted by Gasteiger charge is -2.32. The molecule has 0 saturated carbocycles. The molecule has 0 saturated heterocycles. The molecule has 0 aliphatic heterocycles. The van der Waals surface area contributed by atoms with E-state index in [1.54, 1.807) is 21.0 Å². The quantitative estimate of drug-likeness (QED) is 0.208. The monoisotopic (exact) mass is 384 g/mol. The Morgan fingerprint density at radius 2 is 1.30 bits per heavy atom. The zero-order valence-corrected chi connectivity index (χ0v) is 17.2. The minimum atomic E-state index is -2.52. The van der Waals surface area contributed by atoms with Crippen LogP contribution in [0.3, 0.4) is 0 Å². The molecule has 0 fully saturated rings. The third-order valence-corrected chi connectivity index (χ3v) is 6.92. The third kappa shape index (κ3) is 11.1. The van der Waals surface area contributed by atoms with Crippen LogP contribution in [0.1, 0.15) is 26.7 Å². The second kappa shape index (κ2) is 13.2. The summed E-state index contributed by atoms with van der Waals surface area (Å²) in [6.07, 6.45) is 1.56. The van der Waals surface area contributed by atoms with Crippen molar-refractivity contribution in [2.45, 2.75) is 45.3 Å². The van der Waals surface area contributed by atoms with Crippen LogP contribution < -0.4 is 0 Å². The Labute approximate surface area is 151 Å². The summed E-state index contributed by atoms with van der Waals surface area (Å²) >= 11 is 9.81. The van der Waals surface area contributed by atoms with E-state index in [9.17, 15) is 0 Å². The Morgan fingerprint density at radius 1 is 0.870 bits per heavy atom. The van der Waals surface area contributed by atoms with E-state index in [-0.39, 0.29) is 0 Å². The normalized spacial score (nSPS) is 11.6. The summed E-state index contributed by atoms with van der Waals surface area (Å²) in [6, 6.07) is 1.48. The lowest BCUT2D eigenvalue weighted by atomic mass is 10.5. The zero-order valence-electron chi connectivity index (χ0n) is 14.6. The SMILES string of the molecule is COC(OC)O[Si](CCCOC(C)=S)(CCCOC(C)=S)OC. The molecule has 6 nitrogen and oxygen atoms in total. The van der Waals surface area contributed by atoms with Gasteiger partial charge in [0.1, 0.15) is 0 Å². The lowest BCUT2D eigenvalue weighted by molar-refractivity contribution is -0.231. The Balaban J connectivity index is 4.62. The molecule has 9 heteroatoms. The molecule has 136 valence electrons. The molecule has 0 radical (unpaired) electrons. The number of rotatable bonds is 13. The van der Waals surface area contributed by atoms with Gasteiger partial charge in [-0.2, -0.15) is 0 Å². The third-order valence-electron chi connectivity index (χ3n) is 3.08. The zero-order chi connectivity index (χ0) is 17.7. The highest BCUT2D eigenvalue weighted by atomic mass is 32.1. The predicted molar refractivity (Wildman–Crippen MR) is 99.0 cm³/mol. The Bertz CT molecular complexity index is 330. The smallest absolute Gasteiger partial charge is 0.342 e. The maximum atomic E-state index is 6.00. The first-order chi connectivity index (χ1) is 10.9. The number of hydrogen-bond acceptors (Lipinski definition) is 8. The van der Waals surface area contributed by atoms with Gasteiger partial charge in [0.2, 0.25) is 0 Å². The van der Waals surface area contributed by atoms with Crippen LogP contribution in [0.5, 0.6) is 0 Å². The van der Waals surface area contributed by atoms with Crippen LogP contribution in [-0.2, 0) is 27.8 Å². The van der Waals surface area contributed by atoms with E-state index in [0.29, 0.717) is 23.3 Å². The molecule has 0 aromatic carbocycles. The lowest BCUT2D eigenvalue weighted by Crippen LogP contribution is -2.45. The van der Waals surface area contributed by atoms with Crippen molar-refractivity contribution >= 4 is 43.1 Å². The molecular formula is C14H28O6S2Si. The van der Waals surface area contributed by atoms with E-state index in [0.717, 1.165) is 24.9 Å². The molecule has 0 atom stereocenters. The van der Waals surface area contributed by atoms with Gasteiger partial charge in [-0.05, 0) is 49.4 Å². The molecule has 0 amide bonds. The first-order valence-corrected chi connectivity index (χ1v) is 10.5. The van der Waals surface area contributed by atoms with Gasteiger partial charge in [-0.15, -0.1) is 0 Å². The summed E-state index contributed by atoms with van der Waals surface area (Å²) in [5.74, 6) is 0. The molecule has 0 N–H and O–H groups in total. The van der Waals surface area contributed by atoms with E-state index in [1.807, 2.05) is 0 Å². The van der Waals surface area contributed by atoms with Crippen LogP contribution in [-0.4, -0.2) is 59.7 Å². The molecule has 0 aliphatic carbocycles. The second-order valence-corrected chi connectivity index (χ2v) is 9.50. The van der Waals surface area contributed by atoms with E-state index in [1.165, 1.54) is 14.2 Å². The van der Waals surface area contributed by atoms with Crippen molar-refractivity contribution in [3.63, 3.8) is 0 Å². The van der Waals surface area contributed by atoms with E-state index in [2.05, 4.69) is 0 Å². The van der Waals surface area contributed by atoms with Crippen molar-refractivity contribution in [2.24, 2.45) is 0 Å². The van der Waals surface area contributed by atoms with E-state index >= 15 is 0 Å². The van der Waals surface area contributed by atoms with E-state index < -0.39 is 15.0 Å². The molecule has 23 heavy (non-hydrogen) atoms. The van der Waals surface area contributed by atoms with Crippen LogP contribution in [0.2, 0.25) is 12.1 Å². The van der Waals surface area contributed by atoms with Crippen molar-refractivity contribution in [1.29, 1.82) is 0 Å². The fraction of sp³-hybridized carbons (Fsp3) is 0.857. The van der Waals surface area contributed by atoms with Gasteiger partial charge in [0.15, 0.2) is 10.1 Å². The maximum Gasteiger partial charge on any atom is 0.342 e. The van der Waals surface area contributed by atoms with Crippen molar-refractivity contribution < 1.29 is 27.8 Å². The first-order valence-electron chi connectivity index (χ1n) is 7.44. The Morgan fingerprint density at radius 3 is 1.61 bits per heavy atom. The van der Waals surface area contributed by atoms with Crippen LogP contribution in [0.15, 0.2) is 0 Å². The van der Waals surface area contributed by atoms with Gasteiger partial charge in [-0.25, -0.2) is 0 Å². The van der Waals surface area contributed by atoms with Crippen LogP contribution in [0.4, 0.5) is 0 Å². The first kappa shape index (κ1) is 22.8. The topological polar surface area (TPSA) is 55.4 Å². The summed E-state index contributed by atoms with van der Waals surface area (Å²) in [5.41, 5.74) is 0. The standard InChI is InChI=1S/C14H28O6S2Si/c1-12(21)18-8-6-10-23(17-5,20-14(15-3)16-4)11-7-9-19-13(2)22/h14H,6-11H2,1-5H3. The summed E-state index contributed by atoms with van der Waals surface area (Å²) in [6.45, 7) is 3.84. The van der Waals surface area contributed by atoms with Gasteiger partial charge in [0, 0.05) is 35.2 Å². The van der Waals surface area contributed by atoms with Gasteiger partial charge in [-0.1, -0.05) is 0 Å². The predicted octanol–water partition coefficient (Wildman–Crippen LogP) is 3.18. The summed E-state index contributed by atoms with van der Waals surface area (Å²) in [7, 11) is 2.20. The molecule has 0 unspecified atom stereocenters. The van der Waals surface area contributed by atoms with Crippen molar-refractivity contribution in [2.75, 3.05) is 34.5 Å². The molecule has 0 spiro atoms. The fourth-order valence-electron chi connectivity index (χ4n) is 1.98. The van der Waals surface area contributed by atoms with Gasteiger partial charge in [0.05, 0.1) is 13.2 Å². The molecule has 0 heterocycles. The summed E-state index contributed by atoms with van der Waals surface area (Å²) in [4.78, 5) is 0. The van der Waals surface area contributed by atoms with Gasteiger partial charge >= 0.3 is 8.56 Å². The van der Waals surface area contributed by atoms with Crippen LogP contribution in [0, 0.1) is 0 Å². The number of hydrogen-bond donors (Lipinski definition) is 0. The van der Waals surface area contributed by atoms with Gasteiger partial charge < -0.3 is 27.8 Å². The van der Waals surface area contributed by atoms with Crippen molar-refractivity contribution in [3.8, 4) is 0 Å². The average Bonchev–Trinajstić information content (AvgIpc) is 2.52. The number of ether oxygens (including phenoxy) is 4.